The fourth-order valence-electron chi connectivity index (χ4n) is 2.43. The van der Waals surface area contributed by atoms with Gasteiger partial charge in [-0.15, -0.1) is 0 Å². The van der Waals surface area contributed by atoms with Crippen LogP contribution in [-0.4, -0.2) is 36.2 Å². The molecule has 1 aromatic carbocycles. The van der Waals surface area contributed by atoms with Crippen molar-refractivity contribution >= 4 is 29.2 Å². The number of ether oxygens (including phenoxy) is 1. The molecule has 1 unspecified atom stereocenters. The zero-order chi connectivity index (χ0) is 18.7. The summed E-state index contributed by atoms with van der Waals surface area (Å²) in [6, 6.07) is 4.76. The molecule has 1 heterocycles. The Kier molecular flexibility index (Phi) is 5.41. The minimum absolute atomic E-state index is 0.103. The smallest absolute Gasteiger partial charge is 0.268 e. The molecule has 25 heavy (non-hydrogen) atoms. The standard InChI is InChI=1S/C17H21N3O5/c1-9(2)16-17(24)20(8-15(23)19-18-11(4)22)13-7-12(10(3)21)5-6-14(13)25-16/h5-7,9,16H,8H2,1-4H3,(H,18,22)(H,19,23). The van der Waals surface area contributed by atoms with E-state index in [-0.39, 0.29) is 24.2 Å². The average molecular weight is 347 g/mol. The summed E-state index contributed by atoms with van der Waals surface area (Å²) in [5.74, 6) is -1.21. The van der Waals surface area contributed by atoms with Crippen molar-refractivity contribution in [2.75, 3.05) is 11.4 Å². The number of hydrogen-bond donors (Lipinski definition) is 2. The molecule has 1 aliphatic rings. The van der Waals surface area contributed by atoms with E-state index in [2.05, 4.69) is 10.9 Å². The van der Waals surface area contributed by atoms with Crippen molar-refractivity contribution in [3.8, 4) is 5.75 Å². The van der Waals surface area contributed by atoms with Gasteiger partial charge < -0.3 is 4.74 Å². The summed E-state index contributed by atoms with van der Waals surface area (Å²) in [5.41, 5.74) is 5.16. The Morgan fingerprint density at radius 3 is 2.44 bits per heavy atom. The van der Waals surface area contributed by atoms with Crippen LogP contribution < -0.4 is 20.5 Å². The highest BCUT2D eigenvalue weighted by atomic mass is 16.5. The van der Waals surface area contributed by atoms with Gasteiger partial charge in [-0.05, 0) is 31.0 Å². The highest BCUT2D eigenvalue weighted by Gasteiger charge is 2.37. The van der Waals surface area contributed by atoms with Gasteiger partial charge in [-0.2, -0.15) is 0 Å². The molecular weight excluding hydrogens is 326 g/mol. The van der Waals surface area contributed by atoms with Gasteiger partial charge in [-0.1, -0.05) is 13.8 Å². The van der Waals surface area contributed by atoms with E-state index >= 15 is 0 Å². The molecule has 0 saturated carbocycles. The van der Waals surface area contributed by atoms with Crippen LogP contribution in [-0.2, 0) is 14.4 Å². The Morgan fingerprint density at radius 1 is 1.20 bits per heavy atom. The number of benzene rings is 1. The maximum absolute atomic E-state index is 12.7. The van der Waals surface area contributed by atoms with E-state index < -0.39 is 17.9 Å². The van der Waals surface area contributed by atoms with Gasteiger partial charge in [0.15, 0.2) is 11.9 Å². The topological polar surface area (TPSA) is 105 Å². The molecule has 0 bridgehead atoms. The van der Waals surface area contributed by atoms with Gasteiger partial charge in [0.1, 0.15) is 12.3 Å². The number of nitrogens with one attached hydrogen (secondary N) is 2. The number of carbonyl (C=O) groups excluding carboxylic acids is 4. The second kappa shape index (κ2) is 7.33. The van der Waals surface area contributed by atoms with Crippen LogP contribution in [0.15, 0.2) is 18.2 Å². The molecule has 0 aliphatic carbocycles. The lowest BCUT2D eigenvalue weighted by Gasteiger charge is -2.35. The van der Waals surface area contributed by atoms with E-state index in [9.17, 15) is 19.2 Å². The van der Waals surface area contributed by atoms with E-state index in [1.165, 1.54) is 24.8 Å². The molecule has 1 aliphatic heterocycles. The Balaban J connectivity index is 2.36. The van der Waals surface area contributed by atoms with Crippen molar-refractivity contribution in [3.05, 3.63) is 23.8 Å². The summed E-state index contributed by atoms with van der Waals surface area (Å²) < 4.78 is 5.75. The quantitative estimate of drug-likeness (QED) is 0.619. The molecule has 2 N–H and O–H groups in total. The third-order valence-electron chi connectivity index (χ3n) is 3.70. The van der Waals surface area contributed by atoms with Crippen molar-refractivity contribution < 1.29 is 23.9 Å². The molecular formula is C17H21N3O5. The van der Waals surface area contributed by atoms with Crippen molar-refractivity contribution in [1.82, 2.24) is 10.9 Å². The second-order valence-electron chi connectivity index (χ2n) is 6.17. The molecule has 8 heteroatoms. The summed E-state index contributed by atoms with van der Waals surface area (Å²) in [6.45, 7) is 6.04. The van der Waals surface area contributed by atoms with Gasteiger partial charge in [-0.25, -0.2) is 0 Å². The van der Waals surface area contributed by atoms with Crippen LogP contribution in [0.2, 0.25) is 0 Å². The van der Waals surface area contributed by atoms with Crippen LogP contribution in [0, 0.1) is 5.92 Å². The number of carbonyl (C=O) groups is 4. The van der Waals surface area contributed by atoms with E-state index in [1.807, 2.05) is 13.8 Å². The lowest BCUT2D eigenvalue weighted by Crippen LogP contribution is -2.53. The first kappa shape index (κ1) is 18.4. The van der Waals surface area contributed by atoms with Gasteiger partial charge in [0, 0.05) is 12.5 Å². The zero-order valence-corrected chi connectivity index (χ0v) is 14.6. The van der Waals surface area contributed by atoms with Crippen LogP contribution in [0.3, 0.4) is 0 Å². The maximum atomic E-state index is 12.7. The SMILES string of the molecule is CC(=O)NNC(=O)CN1C(=O)C(C(C)C)Oc2ccc(C(C)=O)cc21. The molecule has 0 radical (unpaired) electrons. The van der Waals surface area contributed by atoms with Gasteiger partial charge >= 0.3 is 0 Å². The van der Waals surface area contributed by atoms with Gasteiger partial charge in [0.25, 0.3) is 11.8 Å². The largest absolute Gasteiger partial charge is 0.478 e. The highest BCUT2D eigenvalue weighted by molar-refractivity contribution is 6.05. The summed E-state index contributed by atoms with van der Waals surface area (Å²) in [4.78, 5) is 48.6. The Hall–Kier alpha value is -2.90. The number of anilines is 1. The summed E-state index contributed by atoms with van der Waals surface area (Å²) in [5, 5.41) is 0. The molecule has 2 rings (SSSR count). The van der Waals surface area contributed by atoms with Crippen molar-refractivity contribution in [1.29, 1.82) is 0 Å². The number of fused-ring (bicyclic) bond motifs is 1. The van der Waals surface area contributed by atoms with Gasteiger partial charge in [0.2, 0.25) is 5.91 Å². The first-order valence-electron chi connectivity index (χ1n) is 7.89. The maximum Gasteiger partial charge on any atom is 0.268 e. The fraction of sp³-hybridized carbons (Fsp3) is 0.412. The first-order valence-corrected chi connectivity index (χ1v) is 7.89. The van der Waals surface area contributed by atoms with Crippen molar-refractivity contribution in [3.63, 3.8) is 0 Å². The van der Waals surface area contributed by atoms with Crippen LogP contribution in [0.4, 0.5) is 5.69 Å². The minimum atomic E-state index is -0.732. The molecule has 0 spiro atoms. The van der Waals surface area contributed by atoms with Gasteiger partial charge in [0.05, 0.1) is 5.69 Å². The summed E-state index contributed by atoms with van der Waals surface area (Å²) >= 11 is 0. The predicted octanol–water partition coefficient (Wildman–Crippen LogP) is 0.806. The number of hydrazine groups is 1. The Bertz CT molecular complexity index is 729. The molecule has 0 fully saturated rings. The lowest BCUT2D eigenvalue weighted by atomic mass is 10.0. The van der Waals surface area contributed by atoms with E-state index in [1.54, 1.807) is 12.1 Å². The predicted molar refractivity (Wildman–Crippen MR) is 90.0 cm³/mol. The zero-order valence-electron chi connectivity index (χ0n) is 14.6. The molecule has 134 valence electrons. The van der Waals surface area contributed by atoms with E-state index in [0.29, 0.717) is 17.0 Å². The lowest BCUT2D eigenvalue weighted by molar-refractivity contribution is -0.131. The molecule has 3 amide bonds. The molecule has 1 atom stereocenters. The van der Waals surface area contributed by atoms with Crippen LogP contribution in [0.25, 0.3) is 0 Å². The highest BCUT2D eigenvalue weighted by Crippen LogP contribution is 2.36. The molecule has 0 aromatic heterocycles. The van der Waals surface area contributed by atoms with E-state index in [0.717, 1.165) is 0 Å². The van der Waals surface area contributed by atoms with Crippen LogP contribution in [0.5, 0.6) is 5.75 Å². The second-order valence-corrected chi connectivity index (χ2v) is 6.17. The number of Topliss-reactive ketones (excluding diaryl/α,β-unsaturated/α-hetero) is 1. The fourth-order valence-corrected chi connectivity index (χ4v) is 2.43. The molecule has 1 aromatic rings. The first-order chi connectivity index (χ1) is 11.7. The monoisotopic (exact) mass is 347 g/mol. The van der Waals surface area contributed by atoms with Gasteiger partial charge in [-0.3, -0.25) is 34.9 Å². The number of amides is 3. The van der Waals surface area contributed by atoms with Crippen molar-refractivity contribution in [2.45, 2.75) is 33.8 Å². The number of hydrogen-bond acceptors (Lipinski definition) is 5. The molecule has 8 nitrogen and oxygen atoms in total. The normalized spacial score (nSPS) is 16.1. The van der Waals surface area contributed by atoms with Crippen molar-refractivity contribution in [2.24, 2.45) is 5.92 Å². The third kappa shape index (κ3) is 4.14. The Morgan fingerprint density at radius 2 is 1.88 bits per heavy atom. The van der Waals surface area contributed by atoms with E-state index in [4.69, 9.17) is 4.74 Å². The van der Waals surface area contributed by atoms with Crippen LogP contribution in [0.1, 0.15) is 38.1 Å². The summed E-state index contributed by atoms with van der Waals surface area (Å²) in [7, 11) is 0. The Labute approximate surface area is 145 Å². The molecule has 0 saturated heterocycles. The average Bonchev–Trinajstić information content (AvgIpc) is 2.54. The number of rotatable bonds is 4. The number of ketones is 1. The van der Waals surface area contributed by atoms with Crippen LogP contribution >= 0.6 is 0 Å². The minimum Gasteiger partial charge on any atom is -0.478 e. The summed E-state index contributed by atoms with van der Waals surface area (Å²) in [6.07, 6.45) is -0.732. The number of nitrogens with zero attached hydrogens (tertiary/aromatic N) is 1. The third-order valence-corrected chi connectivity index (χ3v) is 3.70.